The molecule has 2 aliphatic carbocycles. The lowest BCUT2D eigenvalue weighted by atomic mass is 9.74. The number of hydrogen-bond acceptors (Lipinski definition) is 4. The second-order valence-corrected chi connectivity index (χ2v) is 5.98. The third-order valence-corrected chi connectivity index (χ3v) is 4.82. The fourth-order valence-corrected chi connectivity index (χ4v) is 3.53. The number of nitrogens with zero attached hydrogens (tertiary/aromatic N) is 2. The monoisotopic (exact) mass is 249 g/mol. The predicted octanol–water partition coefficient (Wildman–Crippen LogP) is 2.89. The molecule has 0 amide bonds. The first-order valence-corrected chi connectivity index (χ1v) is 7.38. The molecule has 0 bridgehead atoms. The van der Waals surface area contributed by atoms with Gasteiger partial charge in [0.15, 0.2) is 5.82 Å². The molecule has 0 saturated heterocycles. The van der Waals surface area contributed by atoms with Crippen molar-refractivity contribution in [1.82, 2.24) is 10.1 Å². The standard InChI is InChI=1S/C14H23N3O/c15-10-14(8-4-1-5-9-14)13-16-12(17-18-13)11-6-2-3-7-11/h11H,1-10,15H2. The van der Waals surface area contributed by atoms with E-state index >= 15 is 0 Å². The third kappa shape index (κ3) is 2.07. The van der Waals surface area contributed by atoms with Crippen LogP contribution in [0.15, 0.2) is 4.52 Å². The highest BCUT2D eigenvalue weighted by molar-refractivity contribution is 5.10. The first-order chi connectivity index (χ1) is 8.84. The maximum atomic E-state index is 6.01. The van der Waals surface area contributed by atoms with Crippen LogP contribution < -0.4 is 5.73 Å². The van der Waals surface area contributed by atoms with Gasteiger partial charge in [0.1, 0.15) is 0 Å². The zero-order valence-corrected chi connectivity index (χ0v) is 11.0. The Kier molecular flexibility index (Phi) is 3.37. The van der Waals surface area contributed by atoms with E-state index in [-0.39, 0.29) is 5.41 Å². The Morgan fingerprint density at radius 3 is 2.50 bits per heavy atom. The van der Waals surface area contributed by atoms with Gasteiger partial charge in [-0.15, -0.1) is 0 Å². The number of rotatable bonds is 3. The molecule has 1 aromatic heterocycles. The molecule has 0 atom stereocenters. The average molecular weight is 249 g/mol. The van der Waals surface area contributed by atoms with E-state index in [0.717, 1.165) is 24.6 Å². The summed E-state index contributed by atoms with van der Waals surface area (Å²) in [6.45, 7) is 0.638. The zero-order chi connectivity index (χ0) is 12.4. The fraction of sp³-hybridized carbons (Fsp3) is 0.857. The molecule has 100 valence electrons. The van der Waals surface area contributed by atoms with Crippen molar-refractivity contribution in [1.29, 1.82) is 0 Å². The molecule has 4 heteroatoms. The Morgan fingerprint density at radius 2 is 1.83 bits per heavy atom. The van der Waals surface area contributed by atoms with Gasteiger partial charge in [-0.2, -0.15) is 4.98 Å². The summed E-state index contributed by atoms with van der Waals surface area (Å²) in [5.74, 6) is 2.27. The predicted molar refractivity (Wildman–Crippen MR) is 69.3 cm³/mol. The second-order valence-electron chi connectivity index (χ2n) is 5.98. The van der Waals surface area contributed by atoms with Crippen LogP contribution in [0.5, 0.6) is 0 Å². The molecule has 0 aliphatic heterocycles. The molecule has 2 fully saturated rings. The van der Waals surface area contributed by atoms with Crippen molar-refractivity contribution < 1.29 is 4.52 Å². The number of aromatic nitrogens is 2. The molecular weight excluding hydrogens is 226 g/mol. The van der Waals surface area contributed by atoms with Crippen molar-refractivity contribution in [3.05, 3.63) is 11.7 Å². The van der Waals surface area contributed by atoms with Gasteiger partial charge in [-0.05, 0) is 25.7 Å². The van der Waals surface area contributed by atoms with Gasteiger partial charge in [0.05, 0.1) is 5.41 Å². The van der Waals surface area contributed by atoms with Gasteiger partial charge in [0, 0.05) is 12.5 Å². The molecule has 0 aromatic carbocycles. The summed E-state index contributed by atoms with van der Waals surface area (Å²) in [6.07, 6.45) is 11.0. The second kappa shape index (κ2) is 5.00. The maximum Gasteiger partial charge on any atom is 0.234 e. The summed E-state index contributed by atoms with van der Waals surface area (Å²) in [4.78, 5) is 4.70. The molecule has 0 spiro atoms. The lowest BCUT2D eigenvalue weighted by molar-refractivity contribution is 0.219. The summed E-state index contributed by atoms with van der Waals surface area (Å²) in [7, 11) is 0. The van der Waals surface area contributed by atoms with Crippen LogP contribution in [0.25, 0.3) is 0 Å². The highest BCUT2D eigenvalue weighted by atomic mass is 16.5. The molecule has 1 heterocycles. The van der Waals surface area contributed by atoms with Crippen LogP contribution in [0.3, 0.4) is 0 Å². The van der Waals surface area contributed by atoms with Crippen LogP contribution in [0, 0.1) is 0 Å². The van der Waals surface area contributed by atoms with Crippen LogP contribution in [0.1, 0.15) is 75.4 Å². The molecule has 0 radical (unpaired) electrons. The Morgan fingerprint density at radius 1 is 1.11 bits per heavy atom. The van der Waals surface area contributed by atoms with Crippen molar-refractivity contribution in [2.24, 2.45) is 5.73 Å². The van der Waals surface area contributed by atoms with Gasteiger partial charge in [0.25, 0.3) is 0 Å². The van der Waals surface area contributed by atoms with Crippen molar-refractivity contribution in [2.45, 2.75) is 69.1 Å². The van der Waals surface area contributed by atoms with Crippen LogP contribution >= 0.6 is 0 Å². The molecule has 2 saturated carbocycles. The Hall–Kier alpha value is -0.900. The van der Waals surface area contributed by atoms with E-state index in [1.165, 1.54) is 44.9 Å². The summed E-state index contributed by atoms with van der Waals surface area (Å²) in [5.41, 5.74) is 5.98. The highest BCUT2D eigenvalue weighted by Crippen LogP contribution is 2.39. The lowest BCUT2D eigenvalue weighted by Crippen LogP contribution is -2.37. The van der Waals surface area contributed by atoms with E-state index in [1.807, 2.05) is 0 Å². The largest absolute Gasteiger partial charge is 0.339 e. The van der Waals surface area contributed by atoms with E-state index < -0.39 is 0 Å². The van der Waals surface area contributed by atoms with Gasteiger partial charge >= 0.3 is 0 Å². The summed E-state index contributed by atoms with van der Waals surface area (Å²) in [6, 6.07) is 0. The molecule has 18 heavy (non-hydrogen) atoms. The quantitative estimate of drug-likeness (QED) is 0.894. The smallest absolute Gasteiger partial charge is 0.234 e. The van der Waals surface area contributed by atoms with Gasteiger partial charge in [-0.25, -0.2) is 0 Å². The topological polar surface area (TPSA) is 64.9 Å². The normalized spacial score (nSPS) is 24.5. The Labute approximate surface area is 108 Å². The Balaban J connectivity index is 1.82. The van der Waals surface area contributed by atoms with Gasteiger partial charge in [-0.1, -0.05) is 37.3 Å². The SMILES string of the molecule is NCC1(c2nc(C3CCCC3)no2)CCCCC1. The molecule has 4 nitrogen and oxygen atoms in total. The van der Waals surface area contributed by atoms with E-state index in [4.69, 9.17) is 15.2 Å². The van der Waals surface area contributed by atoms with Crippen LogP contribution in [0.2, 0.25) is 0 Å². The number of hydrogen-bond donors (Lipinski definition) is 1. The summed E-state index contributed by atoms with van der Waals surface area (Å²) >= 11 is 0. The summed E-state index contributed by atoms with van der Waals surface area (Å²) in [5, 5.41) is 4.22. The van der Waals surface area contributed by atoms with Gasteiger partial charge < -0.3 is 10.3 Å². The molecule has 2 N–H and O–H groups in total. The van der Waals surface area contributed by atoms with Crippen molar-refractivity contribution >= 4 is 0 Å². The molecule has 3 rings (SSSR count). The van der Waals surface area contributed by atoms with E-state index in [2.05, 4.69) is 5.16 Å². The summed E-state index contributed by atoms with van der Waals surface area (Å²) < 4.78 is 5.57. The van der Waals surface area contributed by atoms with E-state index in [9.17, 15) is 0 Å². The number of nitrogens with two attached hydrogens (primary N) is 1. The first kappa shape index (κ1) is 12.2. The van der Waals surface area contributed by atoms with Gasteiger partial charge in [-0.3, -0.25) is 0 Å². The van der Waals surface area contributed by atoms with Crippen molar-refractivity contribution in [2.75, 3.05) is 6.54 Å². The first-order valence-electron chi connectivity index (χ1n) is 7.38. The van der Waals surface area contributed by atoms with Crippen molar-refractivity contribution in [3.63, 3.8) is 0 Å². The van der Waals surface area contributed by atoms with E-state index in [0.29, 0.717) is 12.5 Å². The zero-order valence-electron chi connectivity index (χ0n) is 11.0. The average Bonchev–Trinajstić information content (AvgIpc) is 3.10. The molecular formula is C14H23N3O. The highest BCUT2D eigenvalue weighted by Gasteiger charge is 2.38. The van der Waals surface area contributed by atoms with Gasteiger partial charge in [0.2, 0.25) is 5.89 Å². The minimum atomic E-state index is -0.0257. The molecule has 0 unspecified atom stereocenters. The fourth-order valence-electron chi connectivity index (χ4n) is 3.53. The minimum absolute atomic E-state index is 0.0257. The maximum absolute atomic E-state index is 6.01. The minimum Gasteiger partial charge on any atom is -0.339 e. The van der Waals surface area contributed by atoms with Crippen LogP contribution in [-0.4, -0.2) is 16.7 Å². The molecule has 2 aliphatic rings. The van der Waals surface area contributed by atoms with Crippen LogP contribution in [0.4, 0.5) is 0 Å². The Bertz CT molecular complexity index is 389. The lowest BCUT2D eigenvalue weighted by Gasteiger charge is -2.32. The molecule has 1 aromatic rings. The van der Waals surface area contributed by atoms with Crippen LogP contribution in [-0.2, 0) is 5.41 Å². The van der Waals surface area contributed by atoms with E-state index in [1.54, 1.807) is 0 Å². The van der Waals surface area contributed by atoms with Crippen molar-refractivity contribution in [3.8, 4) is 0 Å². The third-order valence-electron chi connectivity index (χ3n) is 4.82.